The summed E-state index contributed by atoms with van der Waals surface area (Å²) >= 11 is 6.19. The summed E-state index contributed by atoms with van der Waals surface area (Å²) in [5.74, 6) is 0.750. The molecule has 1 aliphatic heterocycles. The van der Waals surface area contributed by atoms with Crippen molar-refractivity contribution in [1.29, 1.82) is 0 Å². The zero-order chi connectivity index (χ0) is 11.7. The molecule has 0 amide bonds. The van der Waals surface area contributed by atoms with Crippen molar-refractivity contribution < 1.29 is 0 Å². The molecule has 88 valence electrons. The van der Waals surface area contributed by atoms with Crippen molar-refractivity contribution in [3.05, 3.63) is 28.8 Å². The molecule has 0 aliphatic carbocycles. The Balaban J connectivity index is 2.36. The minimum atomic E-state index is 0.507. The van der Waals surface area contributed by atoms with Gasteiger partial charge in [0.25, 0.3) is 0 Å². The first-order valence-corrected chi connectivity index (χ1v) is 6.25. The topological polar surface area (TPSA) is 29.3 Å². The van der Waals surface area contributed by atoms with Gasteiger partial charge in [0.1, 0.15) is 0 Å². The van der Waals surface area contributed by atoms with Crippen LogP contribution in [0.4, 0.5) is 5.69 Å². The molecule has 0 spiro atoms. The molecule has 0 aromatic heterocycles. The molecule has 2 nitrogen and oxygen atoms in total. The molecule has 3 heteroatoms. The van der Waals surface area contributed by atoms with E-state index in [-0.39, 0.29) is 0 Å². The fourth-order valence-corrected chi connectivity index (χ4v) is 2.90. The number of hydrogen-bond donors (Lipinski definition) is 1. The van der Waals surface area contributed by atoms with Crippen LogP contribution in [0.25, 0.3) is 0 Å². The van der Waals surface area contributed by atoms with Crippen LogP contribution in [0.3, 0.4) is 0 Å². The maximum Gasteiger partial charge on any atom is 0.0471 e. The van der Waals surface area contributed by atoms with Crippen molar-refractivity contribution in [3.63, 3.8) is 0 Å². The van der Waals surface area contributed by atoms with Crippen LogP contribution in [-0.4, -0.2) is 12.6 Å². The van der Waals surface area contributed by atoms with Gasteiger partial charge in [-0.1, -0.05) is 24.6 Å². The maximum absolute atomic E-state index is 6.19. The molecule has 2 unspecified atom stereocenters. The van der Waals surface area contributed by atoms with E-state index in [0.717, 1.165) is 23.0 Å². The summed E-state index contributed by atoms with van der Waals surface area (Å²) in [5.41, 5.74) is 8.08. The molecular weight excluding hydrogens is 220 g/mol. The molecule has 2 atom stereocenters. The van der Waals surface area contributed by atoms with Crippen molar-refractivity contribution in [2.24, 2.45) is 11.7 Å². The van der Waals surface area contributed by atoms with Crippen molar-refractivity contribution in [2.45, 2.75) is 32.9 Å². The van der Waals surface area contributed by atoms with Crippen LogP contribution in [0, 0.1) is 5.92 Å². The van der Waals surface area contributed by atoms with E-state index in [9.17, 15) is 0 Å². The van der Waals surface area contributed by atoms with Crippen LogP contribution in [-0.2, 0) is 6.54 Å². The highest BCUT2D eigenvalue weighted by atomic mass is 35.5. The first-order chi connectivity index (χ1) is 7.63. The Morgan fingerprint density at radius 1 is 1.44 bits per heavy atom. The minimum absolute atomic E-state index is 0.507. The molecule has 1 saturated heterocycles. The van der Waals surface area contributed by atoms with E-state index < -0.39 is 0 Å². The third kappa shape index (κ3) is 2.04. The fourth-order valence-electron chi connectivity index (χ4n) is 2.65. The van der Waals surface area contributed by atoms with Crippen LogP contribution in [0.15, 0.2) is 18.2 Å². The molecule has 1 heterocycles. The molecule has 1 aromatic rings. The molecule has 16 heavy (non-hydrogen) atoms. The van der Waals surface area contributed by atoms with Crippen LogP contribution in [0.1, 0.15) is 25.8 Å². The summed E-state index contributed by atoms with van der Waals surface area (Å²) < 4.78 is 0. The molecule has 0 bridgehead atoms. The van der Waals surface area contributed by atoms with E-state index in [0.29, 0.717) is 12.6 Å². The molecule has 1 aliphatic rings. The van der Waals surface area contributed by atoms with Crippen LogP contribution >= 0.6 is 11.6 Å². The van der Waals surface area contributed by atoms with E-state index >= 15 is 0 Å². The van der Waals surface area contributed by atoms with Gasteiger partial charge in [-0.3, -0.25) is 0 Å². The molecule has 0 radical (unpaired) electrons. The van der Waals surface area contributed by atoms with Crippen molar-refractivity contribution in [2.75, 3.05) is 11.4 Å². The Bertz CT molecular complexity index is 378. The Hall–Kier alpha value is -0.730. The van der Waals surface area contributed by atoms with Crippen molar-refractivity contribution in [1.82, 2.24) is 0 Å². The number of anilines is 1. The predicted molar refractivity (Wildman–Crippen MR) is 69.9 cm³/mol. The molecule has 0 saturated carbocycles. The van der Waals surface area contributed by atoms with Gasteiger partial charge in [0.15, 0.2) is 0 Å². The standard InChI is InChI=1S/C13H19ClN2/c1-9-6-10(2)16(8-9)13-5-3-4-12(14)11(13)7-15/h3-5,9-10H,6-8,15H2,1-2H3. The van der Waals surface area contributed by atoms with Crippen LogP contribution < -0.4 is 10.6 Å². The summed E-state index contributed by atoms with van der Waals surface area (Å²) in [4.78, 5) is 2.43. The SMILES string of the molecule is CC1CC(C)N(c2cccc(Cl)c2CN)C1. The first kappa shape index (κ1) is 11.7. The summed E-state index contributed by atoms with van der Waals surface area (Å²) in [5, 5.41) is 0.784. The second-order valence-electron chi connectivity index (χ2n) is 4.78. The summed E-state index contributed by atoms with van der Waals surface area (Å²) in [6, 6.07) is 6.63. The highest BCUT2D eigenvalue weighted by Gasteiger charge is 2.27. The van der Waals surface area contributed by atoms with Crippen molar-refractivity contribution in [3.8, 4) is 0 Å². The first-order valence-electron chi connectivity index (χ1n) is 5.87. The van der Waals surface area contributed by atoms with Crippen LogP contribution in [0.5, 0.6) is 0 Å². The van der Waals surface area contributed by atoms with Gasteiger partial charge < -0.3 is 10.6 Å². The van der Waals surface area contributed by atoms with E-state index in [1.165, 1.54) is 12.1 Å². The monoisotopic (exact) mass is 238 g/mol. The fraction of sp³-hybridized carbons (Fsp3) is 0.538. The second-order valence-corrected chi connectivity index (χ2v) is 5.19. The average Bonchev–Trinajstić information content (AvgIpc) is 2.57. The highest BCUT2D eigenvalue weighted by Crippen LogP contribution is 2.33. The predicted octanol–water partition coefficient (Wildman–Crippen LogP) is 3.03. The Morgan fingerprint density at radius 2 is 2.19 bits per heavy atom. The van der Waals surface area contributed by atoms with Gasteiger partial charge in [0, 0.05) is 35.4 Å². The average molecular weight is 239 g/mol. The third-order valence-electron chi connectivity index (χ3n) is 3.39. The number of nitrogens with two attached hydrogens (primary N) is 1. The van der Waals surface area contributed by atoms with Crippen molar-refractivity contribution >= 4 is 17.3 Å². The van der Waals surface area contributed by atoms with Gasteiger partial charge in [0.05, 0.1) is 0 Å². The van der Waals surface area contributed by atoms with E-state index in [1.807, 2.05) is 12.1 Å². The second kappa shape index (κ2) is 4.64. The largest absolute Gasteiger partial charge is 0.368 e. The normalized spacial score (nSPS) is 25.1. The minimum Gasteiger partial charge on any atom is -0.368 e. The molecule has 2 rings (SSSR count). The maximum atomic E-state index is 6.19. The van der Waals surface area contributed by atoms with Gasteiger partial charge in [-0.05, 0) is 31.4 Å². The van der Waals surface area contributed by atoms with Gasteiger partial charge in [-0.2, -0.15) is 0 Å². The lowest BCUT2D eigenvalue weighted by Gasteiger charge is -2.26. The number of benzene rings is 1. The Morgan fingerprint density at radius 3 is 2.75 bits per heavy atom. The lowest BCUT2D eigenvalue weighted by Crippen LogP contribution is -2.28. The number of nitrogens with zero attached hydrogens (tertiary/aromatic N) is 1. The van der Waals surface area contributed by atoms with Gasteiger partial charge >= 0.3 is 0 Å². The quantitative estimate of drug-likeness (QED) is 0.858. The Kier molecular flexibility index (Phi) is 3.41. The van der Waals surface area contributed by atoms with E-state index in [4.69, 9.17) is 17.3 Å². The third-order valence-corrected chi connectivity index (χ3v) is 3.75. The number of halogens is 1. The lowest BCUT2D eigenvalue weighted by atomic mass is 10.1. The number of rotatable bonds is 2. The lowest BCUT2D eigenvalue weighted by molar-refractivity contribution is 0.625. The smallest absolute Gasteiger partial charge is 0.0471 e. The molecule has 2 N–H and O–H groups in total. The molecule has 1 aromatic carbocycles. The van der Waals surface area contributed by atoms with Gasteiger partial charge in [-0.25, -0.2) is 0 Å². The Labute approximate surface area is 102 Å². The summed E-state index contributed by atoms with van der Waals surface area (Å²) in [6.45, 7) is 6.18. The summed E-state index contributed by atoms with van der Waals surface area (Å²) in [6.07, 6.45) is 1.25. The molecule has 1 fully saturated rings. The van der Waals surface area contributed by atoms with E-state index in [2.05, 4.69) is 24.8 Å². The number of hydrogen-bond acceptors (Lipinski definition) is 2. The summed E-state index contributed by atoms with van der Waals surface area (Å²) in [7, 11) is 0. The zero-order valence-corrected chi connectivity index (χ0v) is 10.7. The van der Waals surface area contributed by atoms with Gasteiger partial charge in [-0.15, -0.1) is 0 Å². The zero-order valence-electron chi connectivity index (χ0n) is 9.91. The molecular formula is C13H19ClN2. The van der Waals surface area contributed by atoms with Crippen LogP contribution in [0.2, 0.25) is 5.02 Å². The van der Waals surface area contributed by atoms with E-state index in [1.54, 1.807) is 0 Å². The highest BCUT2D eigenvalue weighted by molar-refractivity contribution is 6.31. The van der Waals surface area contributed by atoms with Gasteiger partial charge in [0.2, 0.25) is 0 Å².